The summed E-state index contributed by atoms with van der Waals surface area (Å²) >= 11 is 3.60. The molecular weight excluding hydrogens is 260 g/mol. The number of rotatable bonds is 2. The fourth-order valence-corrected chi connectivity index (χ4v) is 2.93. The molecule has 1 saturated heterocycles. The molecule has 0 aromatic carbocycles. The molecule has 14 heavy (non-hydrogen) atoms. The van der Waals surface area contributed by atoms with E-state index in [2.05, 4.69) is 49.8 Å². The fraction of sp³-hybridized carbons (Fsp3) is 1.00. The van der Waals surface area contributed by atoms with Crippen LogP contribution in [0.25, 0.3) is 0 Å². The first kappa shape index (κ1) is 12.7. The van der Waals surface area contributed by atoms with Gasteiger partial charge in [-0.25, -0.2) is 0 Å². The summed E-state index contributed by atoms with van der Waals surface area (Å²) in [5, 5.41) is 0.256. The molecule has 1 aliphatic rings. The molecule has 1 fully saturated rings. The summed E-state index contributed by atoms with van der Waals surface area (Å²) < 4.78 is 11.7. The fourth-order valence-electron chi connectivity index (χ4n) is 1.11. The number of alkyl halides is 1. The van der Waals surface area contributed by atoms with Crippen LogP contribution in [0.4, 0.5) is 0 Å². The molecule has 0 saturated carbocycles. The van der Waals surface area contributed by atoms with Gasteiger partial charge in [0.15, 0.2) is 14.6 Å². The highest BCUT2D eigenvalue weighted by atomic mass is 79.9. The summed E-state index contributed by atoms with van der Waals surface area (Å²) in [5.74, 6) is 0. The van der Waals surface area contributed by atoms with Crippen LogP contribution in [-0.4, -0.2) is 26.0 Å². The number of ether oxygens (including phenoxy) is 1. The summed E-state index contributed by atoms with van der Waals surface area (Å²) in [7, 11) is -1.67. The molecule has 0 N–H and O–H groups in total. The Morgan fingerprint density at radius 3 is 2.29 bits per heavy atom. The minimum Gasteiger partial charge on any atom is -0.391 e. The Morgan fingerprint density at radius 1 is 1.36 bits per heavy atom. The Balaban J connectivity index is 2.58. The Kier molecular flexibility index (Phi) is 3.84. The number of hydrogen-bond donors (Lipinski definition) is 0. The van der Waals surface area contributed by atoms with E-state index in [1.165, 1.54) is 0 Å². The first-order valence-electron chi connectivity index (χ1n) is 5.17. The van der Waals surface area contributed by atoms with E-state index >= 15 is 0 Å². The lowest BCUT2D eigenvalue weighted by atomic mass is 10.2. The largest absolute Gasteiger partial charge is 0.391 e. The third kappa shape index (κ3) is 2.81. The summed E-state index contributed by atoms with van der Waals surface area (Å²) in [6.07, 6.45) is 1.02. The Morgan fingerprint density at radius 2 is 1.93 bits per heavy atom. The highest BCUT2D eigenvalue weighted by Gasteiger charge is 2.42. The third-order valence-electron chi connectivity index (χ3n) is 3.19. The Bertz CT molecular complexity index is 201. The molecule has 0 unspecified atom stereocenters. The van der Waals surface area contributed by atoms with Crippen molar-refractivity contribution in [2.75, 3.05) is 6.61 Å². The molecule has 1 aliphatic heterocycles. The quantitative estimate of drug-likeness (QED) is 0.569. The first-order valence-corrected chi connectivity index (χ1v) is 9.00. The van der Waals surface area contributed by atoms with E-state index in [9.17, 15) is 0 Å². The van der Waals surface area contributed by atoms with Crippen molar-refractivity contribution in [2.24, 2.45) is 0 Å². The van der Waals surface area contributed by atoms with Gasteiger partial charge in [-0.15, -0.1) is 0 Å². The van der Waals surface area contributed by atoms with Crippen LogP contribution >= 0.6 is 15.9 Å². The number of hydrogen-bond acceptors (Lipinski definition) is 2. The Labute approximate surface area is 96.6 Å². The second kappa shape index (κ2) is 4.24. The van der Waals surface area contributed by atoms with Crippen molar-refractivity contribution < 1.29 is 9.16 Å². The van der Waals surface area contributed by atoms with Gasteiger partial charge in [0, 0.05) is 0 Å². The maximum Gasteiger partial charge on any atom is 0.195 e. The van der Waals surface area contributed by atoms with Gasteiger partial charge in [-0.2, -0.15) is 0 Å². The van der Waals surface area contributed by atoms with Crippen LogP contribution in [0, 0.1) is 0 Å². The Hall–Kier alpha value is 0.617. The predicted molar refractivity (Wildman–Crippen MR) is 65.4 cm³/mol. The van der Waals surface area contributed by atoms with Crippen LogP contribution in [0.5, 0.6) is 0 Å². The standard InChI is InChI=1S/C10H21BrO2Si/c1-10(2,3)14(4,5)13-9-8(11)6-7-12-9/h8-9H,6-7H2,1-5H3/t8-,9+/m0/s1. The zero-order valence-corrected chi connectivity index (χ0v) is 12.3. The summed E-state index contributed by atoms with van der Waals surface area (Å²) in [5.41, 5.74) is 0. The SMILES string of the molecule is CC(C)(C)[Si](C)(C)O[C@H]1OCC[C@@H]1Br. The van der Waals surface area contributed by atoms with Crippen molar-refractivity contribution in [3.05, 3.63) is 0 Å². The second-order valence-electron chi connectivity index (χ2n) is 5.42. The lowest BCUT2D eigenvalue weighted by molar-refractivity contribution is -0.0449. The minimum atomic E-state index is -1.67. The molecular formula is C10H21BrO2Si. The number of halogens is 1. The topological polar surface area (TPSA) is 18.5 Å². The summed E-state index contributed by atoms with van der Waals surface area (Å²) in [6, 6.07) is 0. The molecule has 2 nitrogen and oxygen atoms in total. The minimum absolute atomic E-state index is 0.0316. The third-order valence-corrected chi connectivity index (χ3v) is 8.51. The van der Waals surface area contributed by atoms with Crippen LogP contribution in [0.1, 0.15) is 27.2 Å². The highest BCUT2D eigenvalue weighted by molar-refractivity contribution is 9.09. The normalized spacial score (nSPS) is 29.6. The van der Waals surface area contributed by atoms with Crippen molar-refractivity contribution >= 4 is 24.2 Å². The summed E-state index contributed by atoms with van der Waals surface area (Å²) in [6.45, 7) is 12.1. The molecule has 0 aromatic heterocycles. The van der Waals surface area contributed by atoms with Gasteiger partial charge < -0.3 is 9.16 Å². The molecule has 0 bridgehead atoms. The van der Waals surface area contributed by atoms with Crippen LogP contribution in [-0.2, 0) is 9.16 Å². The lowest BCUT2D eigenvalue weighted by Crippen LogP contribution is -2.45. The van der Waals surface area contributed by atoms with E-state index in [4.69, 9.17) is 9.16 Å². The van der Waals surface area contributed by atoms with E-state index in [0.29, 0.717) is 4.83 Å². The average molecular weight is 281 g/mol. The van der Waals surface area contributed by atoms with Crippen LogP contribution in [0.3, 0.4) is 0 Å². The summed E-state index contributed by atoms with van der Waals surface area (Å²) in [4.78, 5) is 0.372. The molecule has 84 valence electrons. The van der Waals surface area contributed by atoms with Crippen LogP contribution in [0.2, 0.25) is 18.1 Å². The molecule has 1 heterocycles. The smallest absolute Gasteiger partial charge is 0.195 e. The van der Waals surface area contributed by atoms with Crippen LogP contribution in [0.15, 0.2) is 0 Å². The van der Waals surface area contributed by atoms with E-state index < -0.39 is 8.32 Å². The predicted octanol–water partition coefficient (Wildman–Crippen LogP) is 3.52. The van der Waals surface area contributed by atoms with E-state index in [0.717, 1.165) is 13.0 Å². The zero-order valence-electron chi connectivity index (χ0n) is 9.76. The molecule has 0 spiro atoms. The van der Waals surface area contributed by atoms with Gasteiger partial charge in [0.25, 0.3) is 0 Å². The van der Waals surface area contributed by atoms with Gasteiger partial charge in [-0.1, -0.05) is 36.7 Å². The van der Waals surface area contributed by atoms with Crippen molar-refractivity contribution in [1.29, 1.82) is 0 Å². The zero-order chi connectivity index (χ0) is 11.0. The van der Waals surface area contributed by atoms with Gasteiger partial charge in [0.2, 0.25) is 0 Å². The van der Waals surface area contributed by atoms with Gasteiger partial charge in [0.1, 0.15) is 0 Å². The molecule has 4 heteroatoms. The average Bonchev–Trinajstić information content (AvgIpc) is 2.33. The van der Waals surface area contributed by atoms with Crippen molar-refractivity contribution in [3.63, 3.8) is 0 Å². The highest BCUT2D eigenvalue weighted by Crippen LogP contribution is 2.39. The lowest BCUT2D eigenvalue weighted by Gasteiger charge is -2.38. The molecule has 0 amide bonds. The van der Waals surface area contributed by atoms with Crippen molar-refractivity contribution in [1.82, 2.24) is 0 Å². The van der Waals surface area contributed by atoms with Gasteiger partial charge >= 0.3 is 0 Å². The molecule has 2 atom stereocenters. The van der Waals surface area contributed by atoms with E-state index in [-0.39, 0.29) is 11.3 Å². The van der Waals surface area contributed by atoms with E-state index in [1.807, 2.05) is 0 Å². The molecule has 1 rings (SSSR count). The van der Waals surface area contributed by atoms with Crippen molar-refractivity contribution in [3.8, 4) is 0 Å². The monoisotopic (exact) mass is 280 g/mol. The maximum absolute atomic E-state index is 6.15. The van der Waals surface area contributed by atoms with Gasteiger partial charge in [0.05, 0.1) is 11.4 Å². The maximum atomic E-state index is 6.15. The van der Waals surface area contributed by atoms with E-state index in [1.54, 1.807) is 0 Å². The van der Waals surface area contributed by atoms with Gasteiger partial charge in [-0.3, -0.25) is 0 Å². The van der Waals surface area contributed by atoms with Gasteiger partial charge in [-0.05, 0) is 24.6 Å². The van der Waals surface area contributed by atoms with Crippen LogP contribution < -0.4 is 0 Å². The first-order chi connectivity index (χ1) is 6.24. The van der Waals surface area contributed by atoms with Crippen molar-refractivity contribution in [2.45, 2.75) is 56.4 Å². The molecule has 0 aliphatic carbocycles. The molecule has 0 aromatic rings. The molecule has 0 radical (unpaired) electrons. The second-order valence-corrected chi connectivity index (χ2v) is 11.4.